The lowest BCUT2D eigenvalue weighted by atomic mass is 9.97. The van der Waals surface area contributed by atoms with Crippen molar-refractivity contribution in [3.8, 4) is 11.1 Å². The lowest BCUT2D eigenvalue weighted by molar-refractivity contribution is 0.0600. The van der Waals surface area contributed by atoms with E-state index in [-0.39, 0.29) is 17.3 Å². The van der Waals surface area contributed by atoms with Gasteiger partial charge in [-0.25, -0.2) is 4.79 Å². The van der Waals surface area contributed by atoms with Gasteiger partial charge in [0.2, 0.25) is 5.43 Å². The zero-order valence-electron chi connectivity index (χ0n) is 18.8. The highest BCUT2D eigenvalue weighted by molar-refractivity contribution is 6.30. The molecule has 4 rings (SSSR count). The van der Waals surface area contributed by atoms with Crippen molar-refractivity contribution in [1.29, 1.82) is 0 Å². The number of benzene rings is 3. The van der Waals surface area contributed by atoms with Gasteiger partial charge >= 0.3 is 5.97 Å². The molecular weight excluding hydrogens is 454 g/mol. The summed E-state index contributed by atoms with van der Waals surface area (Å²) in [6.07, 6.45) is 0. The zero-order chi connectivity index (χ0) is 24.4. The fraction of sp³-hybridized carbons (Fsp3) is 0.148. The fourth-order valence-corrected chi connectivity index (χ4v) is 3.79. The van der Waals surface area contributed by atoms with E-state index < -0.39 is 5.97 Å². The molecule has 0 aliphatic rings. The molecule has 0 atom stereocenters. The van der Waals surface area contributed by atoms with Crippen LogP contribution in [0.5, 0.6) is 0 Å². The number of esters is 1. The number of hydrogen-bond acceptors (Lipinski definition) is 5. The van der Waals surface area contributed by atoms with Gasteiger partial charge in [0.15, 0.2) is 0 Å². The van der Waals surface area contributed by atoms with Gasteiger partial charge in [0.25, 0.3) is 5.91 Å². The van der Waals surface area contributed by atoms with Crippen molar-refractivity contribution in [3.63, 3.8) is 0 Å². The van der Waals surface area contributed by atoms with E-state index in [9.17, 15) is 14.4 Å². The quantitative estimate of drug-likeness (QED) is 0.343. The normalized spacial score (nSPS) is 11.0. The number of carbonyl (C=O) groups is 2. The van der Waals surface area contributed by atoms with Gasteiger partial charge in [-0.15, -0.1) is 0 Å². The molecule has 0 aliphatic carbocycles. The molecule has 4 aromatic rings. The fourth-order valence-electron chi connectivity index (χ4n) is 3.66. The highest BCUT2D eigenvalue weighted by atomic mass is 35.5. The van der Waals surface area contributed by atoms with Crippen LogP contribution < -0.4 is 10.7 Å². The molecule has 34 heavy (non-hydrogen) atoms. The van der Waals surface area contributed by atoms with Gasteiger partial charge in [0.05, 0.1) is 23.6 Å². The zero-order valence-corrected chi connectivity index (χ0v) is 19.6. The van der Waals surface area contributed by atoms with Gasteiger partial charge in [-0.1, -0.05) is 37.6 Å². The molecule has 7 heteroatoms. The third-order valence-corrected chi connectivity index (χ3v) is 5.65. The van der Waals surface area contributed by atoms with Crippen molar-refractivity contribution < 1.29 is 18.7 Å². The minimum absolute atomic E-state index is 0.0469. The van der Waals surface area contributed by atoms with Crippen LogP contribution in [0.4, 0.5) is 5.69 Å². The molecule has 1 N–H and O–H groups in total. The first kappa shape index (κ1) is 23.3. The molecule has 0 unspecified atom stereocenters. The highest BCUT2D eigenvalue weighted by Gasteiger charge is 2.19. The Morgan fingerprint density at radius 3 is 2.21 bits per heavy atom. The molecular formula is C27H22ClNO5. The maximum Gasteiger partial charge on any atom is 0.337 e. The number of rotatable bonds is 5. The lowest BCUT2D eigenvalue weighted by Gasteiger charge is -2.14. The van der Waals surface area contributed by atoms with Gasteiger partial charge in [0.1, 0.15) is 11.3 Å². The minimum Gasteiger partial charge on any atom is -0.465 e. The van der Waals surface area contributed by atoms with Crippen molar-refractivity contribution in [1.82, 2.24) is 0 Å². The Balaban J connectivity index is 1.69. The summed E-state index contributed by atoms with van der Waals surface area (Å²) in [5, 5.41) is 3.80. The average Bonchev–Trinajstić information content (AvgIpc) is 2.84. The summed E-state index contributed by atoms with van der Waals surface area (Å²) >= 11 is 6.01. The number of ether oxygens (including phenoxy) is 1. The monoisotopic (exact) mass is 475 g/mol. The largest absolute Gasteiger partial charge is 0.465 e. The lowest BCUT2D eigenvalue weighted by Crippen LogP contribution is -2.13. The molecule has 1 heterocycles. The number of amides is 1. The maximum absolute atomic E-state index is 13.4. The summed E-state index contributed by atoms with van der Waals surface area (Å²) in [4.78, 5) is 37.6. The summed E-state index contributed by atoms with van der Waals surface area (Å²) in [5.74, 6) is -0.327. The molecule has 6 nitrogen and oxygen atoms in total. The second-order valence-corrected chi connectivity index (χ2v) is 8.50. The van der Waals surface area contributed by atoms with Crippen LogP contribution in [0.1, 0.15) is 46.2 Å². The van der Waals surface area contributed by atoms with E-state index in [2.05, 4.69) is 10.1 Å². The Bertz CT molecular complexity index is 1440. The van der Waals surface area contributed by atoms with Crippen LogP contribution in [0.25, 0.3) is 22.1 Å². The molecule has 0 aliphatic heterocycles. The average molecular weight is 476 g/mol. The van der Waals surface area contributed by atoms with E-state index in [1.165, 1.54) is 31.4 Å². The number of carbonyl (C=O) groups excluding carboxylic acids is 2. The first-order valence-corrected chi connectivity index (χ1v) is 11.0. The van der Waals surface area contributed by atoms with Crippen LogP contribution in [0.15, 0.2) is 75.9 Å². The minimum atomic E-state index is -0.476. The summed E-state index contributed by atoms with van der Waals surface area (Å²) in [5.41, 5.74) is 2.66. The molecule has 3 aromatic carbocycles. The number of fused-ring (bicyclic) bond motifs is 1. The molecule has 0 bridgehead atoms. The summed E-state index contributed by atoms with van der Waals surface area (Å²) in [6, 6.07) is 18.1. The smallest absolute Gasteiger partial charge is 0.337 e. The number of methoxy groups -OCH3 is 1. The van der Waals surface area contributed by atoms with Crippen molar-refractivity contribution >= 4 is 40.1 Å². The van der Waals surface area contributed by atoms with Crippen LogP contribution in [0.2, 0.25) is 5.02 Å². The Labute approximate surface area is 201 Å². The Morgan fingerprint density at radius 1 is 0.941 bits per heavy atom. The molecule has 1 amide bonds. The third-order valence-electron chi connectivity index (χ3n) is 5.40. The van der Waals surface area contributed by atoms with Crippen LogP contribution in [-0.2, 0) is 4.74 Å². The van der Waals surface area contributed by atoms with Crippen molar-refractivity contribution in [3.05, 3.63) is 98.9 Å². The van der Waals surface area contributed by atoms with Crippen LogP contribution in [0, 0.1) is 0 Å². The van der Waals surface area contributed by atoms with Gasteiger partial charge in [-0.3, -0.25) is 9.59 Å². The maximum atomic E-state index is 13.4. The summed E-state index contributed by atoms with van der Waals surface area (Å²) in [7, 11) is 1.30. The topological polar surface area (TPSA) is 85.6 Å². The molecule has 1 aromatic heterocycles. The Hall–Kier alpha value is -3.90. The van der Waals surface area contributed by atoms with Gasteiger partial charge in [0, 0.05) is 28.3 Å². The van der Waals surface area contributed by atoms with Crippen LogP contribution in [0.3, 0.4) is 0 Å². The van der Waals surface area contributed by atoms with E-state index in [0.29, 0.717) is 44.1 Å². The van der Waals surface area contributed by atoms with E-state index >= 15 is 0 Å². The number of halogens is 1. The SMILES string of the molecule is COC(=O)c1ccc(C(=O)Nc2ccc3c(=O)c(-c4ccc(Cl)cc4)c(C(C)C)oc3c2)cc1. The van der Waals surface area contributed by atoms with Crippen molar-refractivity contribution in [2.24, 2.45) is 0 Å². The Kier molecular flexibility index (Phi) is 6.52. The van der Waals surface area contributed by atoms with Gasteiger partial charge in [-0.2, -0.15) is 0 Å². The molecule has 0 radical (unpaired) electrons. The third kappa shape index (κ3) is 4.58. The molecule has 0 fully saturated rings. The van der Waals surface area contributed by atoms with E-state index in [0.717, 1.165) is 5.56 Å². The molecule has 172 valence electrons. The second-order valence-electron chi connectivity index (χ2n) is 8.07. The molecule has 0 saturated carbocycles. The summed E-state index contributed by atoms with van der Waals surface area (Å²) < 4.78 is 10.8. The first-order valence-electron chi connectivity index (χ1n) is 10.6. The van der Waals surface area contributed by atoms with Crippen molar-refractivity contribution in [2.75, 3.05) is 12.4 Å². The number of anilines is 1. The highest BCUT2D eigenvalue weighted by Crippen LogP contribution is 2.31. The van der Waals surface area contributed by atoms with Crippen molar-refractivity contribution in [2.45, 2.75) is 19.8 Å². The predicted octanol–water partition coefficient (Wildman–Crippen LogP) is 6.28. The summed E-state index contributed by atoms with van der Waals surface area (Å²) in [6.45, 7) is 3.90. The second kappa shape index (κ2) is 9.53. The van der Waals surface area contributed by atoms with E-state index in [1.54, 1.807) is 42.5 Å². The van der Waals surface area contributed by atoms with E-state index in [1.807, 2.05) is 13.8 Å². The Morgan fingerprint density at radius 2 is 1.59 bits per heavy atom. The molecule has 0 saturated heterocycles. The molecule has 0 spiro atoms. The first-order chi connectivity index (χ1) is 16.3. The van der Waals surface area contributed by atoms with Crippen LogP contribution in [-0.4, -0.2) is 19.0 Å². The number of hydrogen-bond donors (Lipinski definition) is 1. The standard InChI is InChI=1S/C27H22ClNO5/c1-15(2)25-23(16-8-10-19(28)11-9-16)24(30)21-13-12-20(14-22(21)34-25)29-26(31)17-4-6-18(7-5-17)27(32)33-3/h4-15H,1-3H3,(H,29,31). The van der Waals surface area contributed by atoms with Gasteiger partial charge < -0.3 is 14.5 Å². The number of nitrogens with one attached hydrogen (secondary N) is 1. The van der Waals surface area contributed by atoms with Crippen LogP contribution >= 0.6 is 11.6 Å². The van der Waals surface area contributed by atoms with E-state index in [4.69, 9.17) is 16.0 Å². The predicted molar refractivity (Wildman–Crippen MR) is 133 cm³/mol. The van der Waals surface area contributed by atoms with Gasteiger partial charge in [-0.05, 0) is 54.1 Å².